The third kappa shape index (κ3) is 7.80. The molecule has 4 N–H and O–H groups in total. The molecule has 0 aliphatic heterocycles. The van der Waals surface area contributed by atoms with Crippen LogP contribution >= 0.6 is 31.9 Å². The van der Waals surface area contributed by atoms with Gasteiger partial charge in [-0.15, -0.1) is 0 Å². The van der Waals surface area contributed by atoms with Gasteiger partial charge in [0.25, 0.3) is 5.91 Å². The summed E-state index contributed by atoms with van der Waals surface area (Å²) in [5.41, 5.74) is 10.3. The number of nitrogen functional groups attached to an aromatic ring is 1. The highest BCUT2D eigenvalue weighted by Gasteiger charge is 2.19. The maximum Gasteiger partial charge on any atom is 0.360 e. The highest BCUT2D eigenvalue weighted by Crippen LogP contribution is 2.25. The summed E-state index contributed by atoms with van der Waals surface area (Å²) in [6, 6.07) is 8.49. The van der Waals surface area contributed by atoms with Crippen LogP contribution in [0.5, 0.6) is 0 Å². The maximum atomic E-state index is 13.7. The van der Waals surface area contributed by atoms with Gasteiger partial charge in [-0.05, 0) is 43.3 Å². The van der Waals surface area contributed by atoms with E-state index in [0.29, 0.717) is 8.95 Å². The first-order chi connectivity index (χ1) is 18.0. The Kier molecular flexibility index (Phi) is 11.0. The summed E-state index contributed by atoms with van der Waals surface area (Å²) in [6.45, 7) is 1.68. The summed E-state index contributed by atoms with van der Waals surface area (Å²) in [4.78, 5) is 37.9. The van der Waals surface area contributed by atoms with Crippen LogP contribution in [0.15, 0.2) is 57.7 Å². The molecule has 14 heteroatoms. The monoisotopic (exact) mass is 668 g/mol. The Labute approximate surface area is 238 Å². The summed E-state index contributed by atoms with van der Waals surface area (Å²) in [5, 5.41) is 0. The van der Waals surface area contributed by atoms with E-state index in [2.05, 4.69) is 56.5 Å². The summed E-state index contributed by atoms with van der Waals surface area (Å²) in [6.07, 6.45) is 2.04. The van der Waals surface area contributed by atoms with E-state index in [1.54, 1.807) is 13.0 Å². The van der Waals surface area contributed by atoms with Crippen LogP contribution in [0.1, 0.15) is 35.3 Å². The van der Waals surface area contributed by atoms with Gasteiger partial charge in [0.2, 0.25) is 0 Å². The van der Waals surface area contributed by atoms with Crippen LogP contribution in [0.2, 0.25) is 0 Å². The Bertz CT molecular complexity index is 1520. The zero-order valence-corrected chi connectivity index (χ0v) is 22.6. The predicted molar refractivity (Wildman–Crippen MR) is 146 cm³/mol. The Morgan fingerprint density at radius 3 is 1.82 bits per heavy atom. The molecular formula is C25H21Br2F3N6O3. The zero-order chi connectivity index (χ0) is 28.0. The molecule has 0 atom stereocenters. The number of carbonyl (C=O) groups is 2. The number of amides is 1. The van der Waals surface area contributed by atoms with Crippen molar-refractivity contribution in [3.05, 3.63) is 86.6 Å². The van der Waals surface area contributed by atoms with E-state index >= 15 is 0 Å². The number of hydrogen-bond acceptors (Lipinski definition) is 8. The van der Waals surface area contributed by atoms with E-state index in [1.165, 1.54) is 36.5 Å². The lowest BCUT2D eigenvalue weighted by atomic mass is 10.2. The SMILES string of the molecule is C.CCOC(=O)c1nc(-c2cc(Br)ccc2F)ncc1F.NC(=O)c1nc(-c2cc(Br)ccc2F)ncc1N. The number of nitrogens with zero attached hydrogens (tertiary/aromatic N) is 4. The number of benzene rings is 2. The summed E-state index contributed by atoms with van der Waals surface area (Å²) in [7, 11) is 0. The van der Waals surface area contributed by atoms with E-state index in [-0.39, 0.29) is 48.2 Å². The molecule has 39 heavy (non-hydrogen) atoms. The first kappa shape index (κ1) is 31.3. The average molecular weight is 670 g/mol. The van der Waals surface area contributed by atoms with E-state index in [9.17, 15) is 22.8 Å². The van der Waals surface area contributed by atoms with Crippen molar-refractivity contribution in [1.82, 2.24) is 19.9 Å². The van der Waals surface area contributed by atoms with Crippen molar-refractivity contribution < 1.29 is 27.5 Å². The van der Waals surface area contributed by atoms with Crippen LogP contribution in [0.25, 0.3) is 22.8 Å². The highest BCUT2D eigenvalue weighted by atomic mass is 79.9. The van der Waals surface area contributed by atoms with Gasteiger partial charge >= 0.3 is 5.97 Å². The molecule has 0 aliphatic rings. The molecule has 1 amide bonds. The molecule has 9 nitrogen and oxygen atoms in total. The normalized spacial score (nSPS) is 10.1. The fourth-order valence-corrected chi connectivity index (χ4v) is 3.62. The smallest absolute Gasteiger partial charge is 0.360 e. The number of hydrogen-bond donors (Lipinski definition) is 2. The van der Waals surface area contributed by atoms with Crippen LogP contribution in [0.3, 0.4) is 0 Å². The fourth-order valence-electron chi connectivity index (χ4n) is 2.90. The van der Waals surface area contributed by atoms with E-state index in [4.69, 9.17) is 11.5 Å². The van der Waals surface area contributed by atoms with E-state index in [0.717, 1.165) is 6.20 Å². The molecule has 0 radical (unpaired) electrons. The van der Waals surface area contributed by atoms with Gasteiger partial charge < -0.3 is 16.2 Å². The first-order valence-electron chi connectivity index (χ1n) is 10.5. The molecule has 0 spiro atoms. The minimum Gasteiger partial charge on any atom is -0.461 e. The van der Waals surface area contributed by atoms with Crippen molar-refractivity contribution in [2.45, 2.75) is 14.4 Å². The molecule has 204 valence electrons. The molecule has 2 aromatic carbocycles. The van der Waals surface area contributed by atoms with Gasteiger partial charge in [-0.3, -0.25) is 4.79 Å². The van der Waals surface area contributed by atoms with Crippen molar-refractivity contribution in [3.63, 3.8) is 0 Å². The Morgan fingerprint density at radius 2 is 1.33 bits per heavy atom. The van der Waals surface area contributed by atoms with Crippen molar-refractivity contribution in [3.8, 4) is 22.8 Å². The average Bonchev–Trinajstić information content (AvgIpc) is 2.88. The van der Waals surface area contributed by atoms with E-state index in [1.807, 2.05) is 0 Å². The van der Waals surface area contributed by atoms with Crippen molar-refractivity contribution in [2.24, 2.45) is 5.73 Å². The number of ether oxygens (including phenoxy) is 1. The zero-order valence-electron chi connectivity index (χ0n) is 19.4. The minimum atomic E-state index is -0.914. The third-order valence-corrected chi connectivity index (χ3v) is 5.59. The maximum absolute atomic E-state index is 13.7. The number of primary amides is 1. The van der Waals surface area contributed by atoms with E-state index < -0.39 is 35.0 Å². The van der Waals surface area contributed by atoms with Gasteiger partial charge in [0, 0.05) is 8.95 Å². The molecule has 0 fully saturated rings. The summed E-state index contributed by atoms with van der Waals surface area (Å²) >= 11 is 6.41. The number of carbonyl (C=O) groups excluding carboxylic acids is 2. The number of anilines is 1. The van der Waals surface area contributed by atoms with Crippen molar-refractivity contribution >= 4 is 49.4 Å². The van der Waals surface area contributed by atoms with Crippen LogP contribution in [0.4, 0.5) is 18.9 Å². The number of halogens is 5. The lowest BCUT2D eigenvalue weighted by Gasteiger charge is -2.06. The molecule has 0 aliphatic carbocycles. The second-order valence-corrected chi connectivity index (χ2v) is 9.05. The largest absolute Gasteiger partial charge is 0.461 e. The molecule has 4 aromatic rings. The predicted octanol–water partition coefficient (Wildman–Crippen LogP) is 5.72. The van der Waals surface area contributed by atoms with Gasteiger partial charge in [-0.25, -0.2) is 37.9 Å². The molecular weight excluding hydrogens is 649 g/mol. The molecule has 0 saturated carbocycles. The molecule has 2 heterocycles. The summed E-state index contributed by atoms with van der Waals surface area (Å²) in [5.74, 6) is -3.73. The van der Waals surface area contributed by atoms with Gasteiger partial charge in [0.05, 0.1) is 35.8 Å². The van der Waals surface area contributed by atoms with Gasteiger partial charge in [-0.1, -0.05) is 39.3 Å². The third-order valence-electron chi connectivity index (χ3n) is 4.60. The molecule has 0 unspecified atom stereocenters. The lowest BCUT2D eigenvalue weighted by molar-refractivity contribution is 0.0513. The Morgan fingerprint density at radius 1 is 0.846 bits per heavy atom. The Balaban J connectivity index is 0.000000268. The van der Waals surface area contributed by atoms with Crippen molar-refractivity contribution in [1.29, 1.82) is 0 Å². The highest BCUT2D eigenvalue weighted by molar-refractivity contribution is 9.10. The van der Waals surface area contributed by atoms with Crippen LogP contribution in [-0.4, -0.2) is 38.4 Å². The van der Waals surface area contributed by atoms with Crippen LogP contribution < -0.4 is 11.5 Å². The van der Waals surface area contributed by atoms with Gasteiger partial charge in [-0.2, -0.15) is 0 Å². The number of nitrogens with two attached hydrogens (primary N) is 2. The standard InChI is InChI=1S/C13H9BrF2N2O2.C11H8BrFN4O.CH4/c1-2-20-13(19)11-10(16)6-17-12(18-11)8-5-7(14)3-4-9(8)15;12-5-1-2-7(13)6(3-5)11-16-4-8(14)9(17-11)10(15)18;/h3-6H,2H2,1H3;1-4H,14H2,(H2,15,18);1H4. The lowest BCUT2D eigenvalue weighted by Crippen LogP contribution is -2.16. The summed E-state index contributed by atoms with van der Waals surface area (Å²) < 4.78 is 46.8. The topological polar surface area (TPSA) is 147 Å². The number of esters is 1. The van der Waals surface area contributed by atoms with Crippen molar-refractivity contribution in [2.75, 3.05) is 12.3 Å². The molecule has 0 saturated heterocycles. The molecule has 2 aromatic heterocycles. The van der Waals surface area contributed by atoms with Gasteiger partial charge in [0.1, 0.15) is 11.6 Å². The Hall–Kier alpha value is -3.91. The second-order valence-electron chi connectivity index (χ2n) is 7.22. The van der Waals surface area contributed by atoms with Gasteiger partial charge in [0.15, 0.2) is 28.9 Å². The molecule has 0 bridgehead atoms. The number of aromatic nitrogens is 4. The number of rotatable bonds is 5. The molecule has 4 rings (SSSR count). The quantitative estimate of drug-likeness (QED) is 0.256. The minimum absolute atomic E-state index is 0. The first-order valence-corrected chi connectivity index (χ1v) is 12.1. The van der Waals surface area contributed by atoms with Crippen LogP contribution in [-0.2, 0) is 4.74 Å². The second kappa shape index (κ2) is 13.8. The van der Waals surface area contributed by atoms with Crippen LogP contribution in [0, 0.1) is 17.5 Å². The fraction of sp³-hybridized carbons (Fsp3) is 0.120.